The van der Waals surface area contributed by atoms with Crippen LogP contribution in [0, 0.1) is 22.7 Å². The maximum Gasteiger partial charge on any atom is 0.399 e. The molecule has 0 spiro atoms. The van der Waals surface area contributed by atoms with Gasteiger partial charge in [0.25, 0.3) is 0 Å². The molecular formula is C11H5N3O2. The van der Waals surface area contributed by atoms with Crippen LogP contribution in [0.3, 0.4) is 0 Å². The highest BCUT2D eigenvalue weighted by Gasteiger charge is 2.11. The SMILES string of the molecule is N#Cc1cccc(Oc2ncco2)c1C#N. The second-order valence-corrected chi connectivity index (χ2v) is 2.80. The highest BCUT2D eigenvalue weighted by atomic mass is 16.6. The highest BCUT2D eigenvalue weighted by Crippen LogP contribution is 2.25. The Bertz CT molecular complexity index is 576. The first-order valence-corrected chi connectivity index (χ1v) is 4.35. The van der Waals surface area contributed by atoms with Gasteiger partial charge in [-0.3, -0.25) is 0 Å². The summed E-state index contributed by atoms with van der Waals surface area (Å²) in [5.41, 5.74) is 0.426. The number of aromatic nitrogens is 1. The van der Waals surface area contributed by atoms with Crippen LogP contribution in [0.4, 0.5) is 0 Å². The molecule has 16 heavy (non-hydrogen) atoms. The lowest BCUT2D eigenvalue weighted by Crippen LogP contribution is -1.91. The molecule has 0 radical (unpaired) electrons. The van der Waals surface area contributed by atoms with E-state index in [1.807, 2.05) is 12.1 Å². The molecule has 0 aliphatic heterocycles. The van der Waals surface area contributed by atoms with Gasteiger partial charge in [-0.25, -0.2) is 0 Å². The minimum Gasteiger partial charge on any atom is -0.417 e. The second-order valence-electron chi connectivity index (χ2n) is 2.80. The van der Waals surface area contributed by atoms with Gasteiger partial charge in [-0.15, -0.1) is 0 Å². The van der Waals surface area contributed by atoms with Crippen LogP contribution < -0.4 is 4.74 Å². The predicted molar refractivity (Wildman–Crippen MR) is 52.4 cm³/mol. The van der Waals surface area contributed by atoms with Crippen molar-refractivity contribution < 1.29 is 9.15 Å². The van der Waals surface area contributed by atoms with Gasteiger partial charge in [-0.2, -0.15) is 15.5 Å². The van der Waals surface area contributed by atoms with Gasteiger partial charge in [0.15, 0.2) is 5.75 Å². The Balaban J connectivity index is 2.43. The van der Waals surface area contributed by atoms with Crippen LogP contribution in [0.25, 0.3) is 0 Å². The number of oxazole rings is 1. The van der Waals surface area contributed by atoms with E-state index in [9.17, 15) is 0 Å². The minimum atomic E-state index is 0.0339. The Kier molecular flexibility index (Phi) is 2.53. The molecule has 0 saturated heterocycles. The molecule has 0 aliphatic rings. The quantitative estimate of drug-likeness (QED) is 0.760. The zero-order chi connectivity index (χ0) is 11.4. The molecule has 5 heteroatoms. The van der Waals surface area contributed by atoms with E-state index >= 15 is 0 Å². The van der Waals surface area contributed by atoms with Gasteiger partial charge >= 0.3 is 6.08 Å². The van der Waals surface area contributed by atoms with E-state index in [1.54, 1.807) is 18.2 Å². The van der Waals surface area contributed by atoms with Crippen molar-refractivity contribution in [3.05, 3.63) is 41.8 Å². The van der Waals surface area contributed by atoms with E-state index in [0.29, 0.717) is 0 Å². The molecule has 0 saturated carbocycles. The fourth-order valence-electron chi connectivity index (χ4n) is 1.18. The van der Waals surface area contributed by atoms with E-state index in [-0.39, 0.29) is 23.0 Å². The number of rotatable bonds is 2. The van der Waals surface area contributed by atoms with Gasteiger partial charge in [-0.1, -0.05) is 6.07 Å². The van der Waals surface area contributed by atoms with Crippen molar-refractivity contribution in [2.45, 2.75) is 0 Å². The molecule has 0 fully saturated rings. The summed E-state index contributed by atoms with van der Waals surface area (Å²) in [6, 6.07) is 8.56. The molecule has 1 aromatic heterocycles. The molecule has 1 heterocycles. The van der Waals surface area contributed by atoms with Crippen LogP contribution in [-0.4, -0.2) is 4.98 Å². The largest absolute Gasteiger partial charge is 0.417 e. The molecule has 1 aromatic carbocycles. The van der Waals surface area contributed by atoms with Crippen LogP contribution >= 0.6 is 0 Å². The first-order valence-electron chi connectivity index (χ1n) is 4.35. The summed E-state index contributed by atoms with van der Waals surface area (Å²) >= 11 is 0. The van der Waals surface area contributed by atoms with E-state index in [2.05, 4.69) is 4.98 Å². The molecule has 0 bridgehead atoms. The monoisotopic (exact) mass is 211 g/mol. The molecular weight excluding hydrogens is 206 g/mol. The fraction of sp³-hybridized carbons (Fsp3) is 0. The lowest BCUT2D eigenvalue weighted by molar-refractivity contribution is 0.330. The summed E-state index contributed by atoms with van der Waals surface area (Å²) in [5.74, 6) is 0.254. The van der Waals surface area contributed by atoms with Crippen molar-refractivity contribution in [1.82, 2.24) is 4.98 Å². The van der Waals surface area contributed by atoms with Gasteiger partial charge in [0.05, 0.1) is 11.8 Å². The Morgan fingerprint density at radius 2 is 2.12 bits per heavy atom. The maximum absolute atomic E-state index is 8.93. The first-order chi connectivity index (χ1) is 7.85. The standard InChI is InChI=1S/C11H5N3O2/c12-6-8-2-1-3-10(9(8)7-13)16-11-14-4-5-15-11/h1-5H. The van der Waals surface area contributed by atoms with Gasteiger partial charge in [0.2, 0.25) is 0 Å². The van der Waals surface area contributed by atoms with Crippen LogP contribution in [0.1, 0.15) is 11.1 Å². The number of hydrogen-bond donors (Lipinski definition) is 0. The zero-order valence-corrected chi connectivity index (χ0v) is 8.04. The number of hydrogen-bond acceptors (Lipinski definition) is 5. The topological polar surface area (TPSA) is 82.8 Å². The normalized spacial score (nSPS) is 9.12. The lowest BCUT2D eigenvalue weighted by Gasteiger charge is -2.03. The van der Waals surface area contributed by atoms with E-state index in [4.69, 9.17) is 19.7 Å². The van der Waals surface area contributed by atoms with Crippen molar-refractivity contribution in [2.24, 2.45) is 0 Å². The highest BCUT2D eigenvalue weighted by molar-refractivity contribution is 5.54. The van der Waals surface area contributed by atoms with E-state index in [0.717, 1.165) is 0 Å². The Labute approximate surface area is 91.1 Å². The number of ether oxygens (including phenoxy) is 1. The van der Waals surface area contributed by atoms with Crippen LogP contribution in [0.5, 0.6) is 11.8 Å². The van der Waals surface area contributed by atoms with Crippen molar-refractivity contribution in [2.75, 3.05) is 0 Å². The molecule has 0 atom stereocenters. The Morgan fingerprint density at radius 1 is 1.25 bits per heavy atom. The summed E-state index contributed by atoms with van der Waals surface area (Å²) in [6.07, 6.45) is 2.82. The summed E-state index contributed by atoms with van der Waals surface area (Å²) in [5, 5.41) is 17.7. The van der Waals surface area contributed by atoms with Crippen molar-refractivity contribution in [3.8, 4) is 24.0 Å². The summed E-state index contributed by atoms with van der Waals surface area (Å²) < 4.78 is 10.1. The zero-order valence-electron chi connectivity index (χ0n) is 8.04. The average molecular weight is 211 g/mol. The van der Waals surface area contributed by atoms with Gasteiger partial charge in [-0.05, 0) is 12.1 Å². The smallest absolute Gasteiger partial charge is 0.399 e. The third kappa shape index (κ3) is 1.70. The molecule has 0 unspecified atom stereocenters. The van der Waals surface area contributed by atoms with Crippen molar-refractivity contribution in [3.63, 3.8) is 0 Å². The molecule has 2 rings (SSSR count). The average Bonchev–Trinajstić information content (AvgIpc) is 2.81. The lowest BCUT2D eigenvalue weighted by atomic mass is 10.1. The first kappa shape index (κ1) is 9.75. The third-order valence-corrected chi connectivity index (χ3v) is 1.87. The Hall–Kier alpha value is -2.79. The van der Waals surface area contributed by atoms with Gasteiger partial charge < -0.3 is 9.15 Å². The third-order valence-electron chi connectivity index (χ3n) is 1.87. The summed E-state index contributed by atoms with van der Waals surface area (Å²) in [4.78, 5) is 3.76. The molecule has 76 valence electrons. The molecule has 0 aliphatic carbocycles. The molecule has 0 N–H and O–H groups in total. The predicted octanol–water partition coefficient (Wildman–Crippen LogP) is 2.21. The molecule has 0 amide bonds. The van der Waals surface area contributed by atoms with Crippen LogP contribution in [0.2, 0.25) is 0 Å². The van der Waals surface area contributed by atoms with Crippen molar-refractivity contribution >= 4 is 0 Å². The summed E-state index contributed by atoms with van der Waals surface area (Å²) in [7, 11) is 0. The fourth-order valence-corrected chi connectivity index (χ4v) is 1.18. The van der Waals surface area contributed by atoms with E-state index in [1.165, 1.54) is 12.5 Å². The molecule has 2 aromatic rings. The number of benzene rings is 1. The maximum atomic E-state index is 8.93. The van der Waals surface area contributed by atoms with E-state index < -0.39 is 0 Å². The molecule has 5 nitrogen and oxygen atoms in total. The Morgan fingerprint density at radius 3 is 2.75 bits per heavy atom. The second kappa shape index (κ2) is 4.16. The number of nitriles is 2. The van der Waals surface area contributed by atoms with Gasteiger partial charge in [0.1, 0.15) is 24.0 Å². The van der Waals surface area contributed by atoms with Crippen molar-refractivity contribution in [1.29, 1.82) is 10.5 Å². The van der Waals surface area contributed by atoms with Gasteiger partial charge in [0, 0.05) is 0 Å². The summed E-state index contributed by atoms with van der Waals surface area (Å²) in [6.45, 7) is 0. The minimum absolute atomic E-state index is 0.0339. The van der Waals surface area contributed by atoms with Crippen LogP contribution in [0.15, 0.2) is 35.1 Å². The van der Waals surface area contributed by atoms with Crippen LogP contribution in [-0.2, 0) is 0 Å². The number of nitrogens with zero attached hydrogens (tertiary/aromatic N) is 3.